The van der Waals surface area contributed by atoms with Crippen molar-refractivity contribution in [3.05, 3.63) is 65.2 Å². The molecule has 1 aliphatic carbocycles. The first-order valence-corrected chi connectivity index (χ1v) is 9.85. The fraction of sp³-hybridized carbons (Fsp3) is 0.391. The van der Waals surface area contributed by atoms with Crippen molar-refractivity contribution in [3.8, 4) is 0 Å². The molecule has 28 heavy (non-hydrogen) atoms. The number of nitrogens with one attached hydrogen (secondary N) is 1. The van der Waals surface area contributed by atoms with E-state index < -0.39 is 0 Å². The average Bonchev–Trinajstić information content (AvgIpc) is 3.12. The van der Waals surface area contributed by atoms with E-state index in [1.807, 2.05) is 29.2 Å². The summed E-state index contributed by atoms with van der Waals surface area (Å²) in [7, 11) is 0. The number of halogens is 1. The van der Waals surface area contributed by atoms with E-state index in [9.17, 15) is 9.18 Å². The van der Waals surface area contributed by atoms with Gasteiger partial charge in [0.05, 0.1) is 17.4 Å². The summed E-state index contributed by atoms with van der Waals surface area (Å²) in [5.74, 6) is -0.145. The zero-order chi connectivity index (χ0) is 19.7. The highest BCUT2D eigenvalue weighted by Crippen LogP contribution is 2.56. The van der Waals surface area contributed by atoms with Gasteiger partial charge in [0, 0.05) is 23.6 Å². The summed E-state index contributed by atoms with van der Waals surface area (Å²) < 4.78 is 14.7. The fourth-order valence-corrected chi connectivity index (χ4v) is 5.38. The Balaban J connectivity index is 1.58. The number of fused-ring (bicyclic) bond motifs is 5. The quantitative estimate of drug-likeness (QED) is 0.681. The van der Waals surface area contributed by atoms with E-state index in [4.69, 9.17) is 0 Å². The minimum absolute atomic E-state index is 0.0106. The summed E-state index contributed by atoms with van der Waals surface area (Å²) in [5, 5.41) is 0. The standard InChI is InChI=1S/C23H24FN3O/c1-22(2)20-12-15-16(5-4-6-17(15)24)23(22,3)9-10-27(20)21(28)14-7-8-18-19(11-14)26-13-25-18/h4-8,11,13,20H,9-10,12H2,1-3H3,(H,25,26)/t20-,23+/m1/s1. The smallest absolute Gasteiger partial charge is 0.254 e. The summed E-state index contributed by atoms with van der Waals surface area (Å²) in [6.07, 6.45) is 3.02. The van der Waals surface area contributed by atoms with Crippen LogP contribution in [-0.2, 0) is 11.8 Å². The molecule has 0 spiro atoms. The van der Waals surface area contributed by atoms with E-state index in [-0.39, 0.29) is 28.6 Å². The minimum Gasteiger partial charge on any atom is -0.345 e. The number of carbonyl (C=O) groups excluding carboxylic acids is 1. The van der Waals surface area contributed by atoms with Crippen LogP contribution in [0, 0.1) is 11.2 Å². The molecule has 2 aromatic carbocycles. The normalized spacial score (nSPS) is 25.6. The van der Waals surface area contributed by atoms with Crippen LogP contribution in [0.1, 0.15) is 48.7 Å². The second kappa shape index (κ2) is 5.66. The maximum absolute atomic E-state index is 14.7. The third-order valence-electron chi connectivity index (χ3n) is 7.52. The Kier molecular flexibility index (Phi) is 3.52. The van der Waals surface area contributed by atoms with Gasteiger partial charge in [-0.15, -0.1) is 0 Å². The summed E-state index contributed by atoms with van der Waals surface area (Å²) in [6, 6.07) is 10.9. The van der Waals surface area contributed by atoms with Crippen LogP contribution in [0.15, 0.2) is 42.7 Å². The highest BCUT2D eigenvalue weighted by Gasteiger charge is 2.57. The van der Waals surface area contributed by atoms with E-state index in [0.29, 0.717) is 18.5 Å². The number of benzene rings is 2. The van der Waals surface area contributed by atoms with Gasteiger partial charge in [-0.1, -0.05) is 32.9 Å². The molecule has 1 aromatic heterocycles. The van der Waals surface area contributed by atoms with Crippen LogP contribution in [0.3, 0.4) is 0 Å². The van der Waals surface area contributed by atoms with E-state index in [1.54, 1.807) is 6.33 Å². The molecule has 1 fully saturated rings. The van der Waals surface area contributed by atoms with Gasteiger partial charge < -0.3 is 9.88 Å². The van der Waals surface area contributed by atoms with Crippen molar-refractivity contribution in [2.75, 3.05) is 6.54 Å². The van der Waals surface area contributed by atoms with Crippen molar-refractivity contribution in [2.24, 2.45) is 5.41 Å². The third kappa shape index (κ3) is 2.16. The molecule has 1 N–H and O–H groups in total. The van der Waals surface area contributed by atoms with E-state index >= 15 is 0 Å². The monoisotopic (exact) mass is 377 g/mol. The number of H-pyrrole nitrogens is 1. The van der Waals surface area contributed by atoms with Crippen molar-refractivity contribution < 1.29 is 9.18 Å². The summed E-state index contributed by atoms with van der Waals surface area (Å²) in [5.41, 5.74) is 3.92. The molecule has 5 rings (SSSR count). The Morgan fingerprint density at radius 2 is 2.07 bits per heavy atom. The molecular weight excluding hydrogens is 353 g/mol. The van der Waals surface area contributed by atoms with Gasteiger partial charge in [0.1, 0.15) is 5.82 Å². The molecule has 1 saturated heterocycles. The number of hydrogen-bond acceptors (Lipinski definition) is 2. The molecular formula is C23H24FN3O. The number of piperidine rings is 1. The molecule has 2 aliphatic rings. The second-order valence-corrected chi connectivity index (χ2v) is 8.92. The van der Waals surface area contributed by atoms with Crippen molar-refractivity contribution in [3.63, 3.8) is 0 Å². The van der Waals surface area contributed by atoms with E-state index in [1.165, 1.54) is 6.07 Å². The Morgan fingerprint density at radius 1 is 1.25 bits per heavy atom. The van der Waals surface area contributed by atoms with Crippen LogP contribution in [0.25, 0.3) is 11.0 Å². The third-order valence-corrected chi connectivity index (χ3v) is 7.52. The van der Waals surface area contributed by atoms with Gasteiger partial charge >= 0.3 is 0 Å². The van der Waals surface area contributed by atoms with Crippen LogP contribution in [0.2, 0.25) is 0 Å². The number of aromatic nitrogens is 2. The Labute approximate surface area is 163 Å². The van der Waals surface area contributed by atoms with Crippen molar-refractivity contribution in [1.82, 2.24) is 14.9 Å². The molecule has 1 amide bonds. The zero-order valence-electron chi connectivity index (χ0n) is 16.4. The molecule has 4 nitrogen and oxygen atoms in total. The minimum atomic E-state index is -0.155. The molecule has 3 aromatic rings. The number of rotatable bonds is 1. The lowest BCUT2D eigenvalue weighted by Crippen LogP contribution is -2.65. The predicted molar refractivity (Wildman–Crippen MR) is 107 cm³/mol. The average molecular weight is 377 g/mol. The highest BCUT2D eigenvalue weighted by molar-refractivity contribution is 5.97. The van der Waals surface area contributed by atoms with Gasteiger partial charge in [0.15, 0.2) is 0 Å². The molecule has 1 aliphatic heterocycles. The molecule has 2 bridgehead atoms. The van der Waals surface area contributed by atoms with E-state index in [2.05, 4.69) is 36.8 Å². The van der Waals surface area contributed by atoms with Crippen molar-refractivity contribution >= 4 is 16.9 Å². The summed E-state index contributed by atoms with van der Waals surface area (Å²) in [6.45, 7) is 7.36. The Bertz CT molecular complexity index is 1100. The molecule has 5 heteroatoms. The van der Waals surface area contributed by atoms with Gasteiger partial charge in [0.25, 0.3) is 5.91 Å². The molecule has 144 valence electrons. The number of carbonyl (C=O) groups is 1. The van der Waals surface area contributed by atoms with Gasteiger partial charge in [-0.2, -0.15) is 0 Å². The lowest BCUT2D eigenvalue weighted by Gasteiger charge is -2.60. The highest BCUT2D eigenvalue weighted by atomic mass is 19.1. The topological polar surface area (TPSA) is 49.0 Å². The zero-order valence-corrected chi connectivity index (χ0v) is 16.4. The maximum Gasteiger partial charge on any atom is 0.254 e. The Hall–Kier alpha value is -2.69. The lowest BCUT2D eigenvalue weighted by molar-refractivity contribution is -0.0269. The predicted octanol–water partition coefficient (Wildman–Crippen LogP) is 4.46. The van der Waals surface area contributed by atoms with E-state index in [0.717, 1.165) is 28.6 Å². The van der Waals surface area contributed by atoms with Crippen molar-refractivity contribution in [1.29, 1.82) is 0 Å². The van der Waals surface area contributed by atoms with Crippen molar-refractivity contribution in [2.45, 2.75) is 45.1 Å². The Morgan fingerprint density at radius 3 is 2.89 bits per heavy atom. The first-order valence-electron chi connectivity index (χ1n) is 9.85. The first kappa shape index (κ1) is 17.4. The number of nitrogens with zero attached hydrogens (tertiary/aromatic N) is 2. The molecule has 2 heterocycles. The molecule has 2 atom stereocenters. The number of imidazole rings is 1. The maximum atomic E-state index is 14.7. The summed E-state index contributed by atoms with van der Waals surface area (Å²) in [4.78, 5) is 22.7. The number of likely N-dealkylation sites (tertiary alicyclic amines) is 1. The van der Waals surface area contributed by atoms with Crippen LogP contribution >= 0.6 is 0 Å². The van der Waals surface area contributed by atoms with Gasteiger partial charge in [-0.3, -0.25) is 4.79 Å². The lowest BCUT2D eigenvalue weighted by atomic mass is 9.51. The summed E-state index contributed by atoms with van der Waals surface area (Å²) >= 11 is 0. The largest absolute Gasteiger partial charge is 0.345 e. The molecule has 0 radical (unpaired) electrons. The van der Waals surface area contributed by atoms with Crippen LogP contribution in [0.5, 0.6) is 0 Å². The number of aromatic amines is 1. The van der Waals surface area contributed by atoms with Gasteiger partial charge in [-0.25, -0.2) is 9.37 Å². The van der Waals surface area contributed by atoms with Crippen LogP contribution < -0.4 is 0 Å². The molecule has 0 saturated carbocycles. The SMILES string of the molecule is CC1(C)[C@H]2Cc3c(F)cccc3[C@]1(C)CCN2C(=O)c1ccc2nc[nH]c2c1. The fourth-order valence-electron chi connectivity index (χ4n) is 5.38. The number of hydrogen-bond donors (Lipinski definition) is 1. The van der Waals surface area contributed by atoms with Gasteiger partial charge in [-0.05, 0) is 53.6 Å². The number of amides is 1. The van der Waals surface area contributed by atoms with Crippen LogP contribution in [0.4, 0.5) is 4.39 Å². The first-order chi connectivity index (χ1) is 13.3. The second-order valence-electron chi connectivity index (χ2n) is 8.92. The van der Waals surface area contributed by atoms with Crippen LogP contribution in [-0.4, -0.2) is 33.4 Å². The van der Waals surface area contributed by atoms with Gasteiger partial charge in [0.2, 0.25) is 0 Å². The molecule has 0 unspecified atom stereocenters.